The molecule has 3 aliphatic heterocycles. The number of ether oxygens (including phenoxy) is 1. The van der Waals surface area contributed by atoms with Gasteiger partial charge in [-0.05, 0) is 94.8 Å². The lowest BCUT2D eigenvalue weighted by Gasteiger charge is -2.34. The summed E-state index contributed by atoms with van der Waals surface area (Å²) in [5.74, 6) is -1.43. The van der Waals surface area contributed by atoms with Gasteiger partial charge in [-0.2, -0.15) is 9.40 Å². The highest BCUT2D eigenvalue weighted by molar-refractivity contribution is 7.89. The van der Waals surface area contributed by atoms with E-state index in [-0.39, 0.29) is 31.3 Å². The van der Waals surface area contributed by atoms with Gasteiger partial charge in [0, 0.05) is 73.4 Å². The second kappa shape index (κ2) is 13.9. The molecule has 2 saturated heterocycles. The Balaban J connectivity index is 1.20. The highest BCUT2D eigenvalue weighted by Gasteiger charge is 2.32. The topological polar surface area (TPSA) is 108 Å². The number of piperidine rings is 1. The van der Waals surface area contributed by atoms with Crippen LogP contribution in [0, 0.1) is 17.6 Å². The van der Waals surface area contributed by atoms with E-state index in [9.17, 15) is 22.0 Å². The van der Waals surface area contributed by atoms with Crippen LogP contribution in [0.2, 0.25) is 0 Å². The lowest BCUT2D eigenvalue weighted by Crippen LogP contribution is -2.38. The van der Waals surface area contributed by atoms with E-state index in [0.717, 1.165) is 68.7 Å². The number of Topliss-reactive ketones (excluding diaryl/α,β-unsaturated/α-hetero) is 1. The van der Waals surface area contributed by atoms with Crippen LogP contribution >= 0.6 is 0 Å². The van der Waals surface area contributed by atoms with Crippen LogP contribution in [0.25, 0.3) is 0 Å². The SMILES string of the molecule is CC(C)N1CCC(Cc2ccc(C(=O)Cc3n[nH]c4c3CN(S(=O)(=O)c3cc(F)cc(F)c3)CC4)c(NC3CCOCC3)c2)CC1. The number of fused-ring (bicyclic) bond motifs is 1. The number of anilines is 1. The van der Waals surface area contributed by atoms with Crippen molar-refractivity contribution in [3.63, 3.8) is 0 Å². The molecule has 0 bridgehead atoms. The smallest absolute Gasteiger partial charge is 0.243 e. The van der Waals surface area contributed by atoms with Crippen molar-refractivity contribution in [2.24, 2.45) is 5.92 Å². The third kappa shape index (κ3) is 7.35. The Kier molecular flexibility index (Phi) is 9.88. The van der Waals surface area contributed by atoms with E-state index < -0.39 is 26.6 Å². The Morgan fingerprint density at radius 1 is 1.04 bits per heavy atom. The second-order valence-electron chi connectivity index (χ2n) is 13.1. The van der Waals surface area contributed by atoms with E-state index in [2.05, 4.69) is 46.4 Å². The molecule has 2 fully saturated rings. The number of hydrogen-bond acceptors (Lipinski definition) is 7. The number of likely N-dealkylation sites (tertiary alicyclic amines) is 1. The van der Waals surface area contributed by atoms with Crippen LogP contribution in [0.3, 0.4) is 0 Å². The van der Waals surface area contributed by atoms with Gasteiger partial charge in [-0.1, -0.05) is 6.07 Å². The third-order valence-corrected chi connectivity index (χ3v) is 11.5. The number of aromatic amines is 1. The molecule has 1 aromatic heterocycles. The predicted octanol–water partition coefficient (Wildman–Crippen LogP) is 5.11. The van der Waals surface area contributed by atoms with Crippen LogP contribution in [-0.4, -0.2) is 78.5 Å². The predicted molar refractivity (Wildman–Crippen MR) is 171 cm³/mol. The molecule has 0 spiro atoms. The first-order valence-electron chi connectivity index (χ1n) is 16.3. The number of carbonyl (C=O) groups excluding carboxylic acids is 1. The van der Waals surface area contributed by atoms with Gasteiger partial charge in [0.1, 0.15) is 11.6 Å². The first-order chi connectivity index (χ1) is 22.1. The molecule has 12 heteroatoms. The average molecular weight is 656 g/mol. The van der Waals surface area contributed by atoms with Gasteiger partial charge in [0.2, 0.25) is 10.0 Å². The fourth-order valence-electron chi connectivity index (χ4n) is 6.90. The number of rotatable bonds is 10. The van der Waals surface area contributed by atoms with Gasteiger partial charge in [-0.15, -0.1) is 0 Å². The first-order valence-corrected chi connectivity index (χ1v) is 17.8. The largest absolute Gasteiger partial charge is 0.382 e. The van der Waals surface area contributed by atoms with Crippen molar-refractivity contribution in [2.45, 2.75) is 82.3 Å². The zero-order valence-corrected chi connectivity index (χ0v) is 27.3. The molecular formula is C34H43F2N5O4S. The summed E-state index contributed by atoms with van der Waals surface area (Å²) in [4.78, 5) is 16.0. The third-order valence-electron chi connectivity index (χ3n) is 9.66. The number of hydrogen-bond donors (Lipinski definition) is 2. The van der Waals surface area contributed by atoms with Crippen LogP contribution in [0.1, 0.15) is 72.4 Å². The number of carbonyl (C=O) groups is 1. The number of halogens is 2. The van der Waals surface area contributed by atoms with Gasteiger partial charge in [0.05, 0.1) is 17.0 Å². The molecule has 0 unspecified atom stereocenters. The maximum atomic E-state index is 13.9. The summed E-state index contributed by atoms with van der Waals surface area (Å²) in [7, 11) is -4.17. The lowest BCUT2D eigenvalue weighted by molar-refractivity contribution is 0.0904. The molecule has 0 radical (unpaired) electrons. The number of H-pyrrole nitrogens is 1. The summed E-state index contributed by atoms with van der Waals surface area (Å²) in [5, 5.41) is 11.0. The maximum absolute atomic E-state index is 13.9. The van der Waals surface area contributed by atoms with Crippen LogP contribution < -0.4 is 5.32 Å². The summed E-state index contributed by atoms with van der Waals surface area (Å²) in [6.45, 7) is 8.14. The summed E-state index contributed by atoms with van der Waals surface area (Å²) >= 11 is 0. The van der Waals surface area contributed by atoms with Crippen molar-refractivity contribution in [3.8, 4) is 0 Å². The highest BCUT2D eigenvalue weighted by Crippen LogP contribution is 2.30. The molecule has 248 valence electrons. The van der Waals surface area contributed by atoms with Gasteiger partial charge >= 0.3 is 0 Å². The van der Waals surface area contributed by atoms with E-state index >= 15 is 0 Å². The quantitative estimate of drug-likeness (QED) is 0.292. The van der Waals surface area contributed by atoms with Gasteiger partial charge in [0.25, 0.3) is 0 Å². The van der Waals surface area contributed by atoms with Crippen LogP contribution in [0.5, 0.6) is 0 Å². The molecule has 0 atom stereocenters. The minimum atomic E-state index is -4.17. The van der Waals surface area contributed by atoms with Gasteiger partial charge in [-0.25, -0.2) is 17.2 Å². The summed E-state index contributed by atoms with van der Waals surface area (Å²) in [6.07, 6.45) is 5.34. The van der Waals surface area contributed by atoms with Crippen molar-refractivity contribution in [3.05, 3.63) is 76.1 Å². The molecule has 3 aliphatic rings. The maximum Gasteiger partial charge on any atom is 0.243 e. The Hall–Kier alpha value is -3.19. The van der Waals surface area contributed by atoms with E-state index in [1.807, 2.05) is 6.07 Å². The number of benzene rings is 2. The second-order valence-corrected chi connectivity index (χ2v) is 15.0. The van der Waals surface area contributed by atoms with Crippen molar-refractivity contribution in [2.75, 3.05) is 38.2 Å². The van der Waals surface area contributed by atoms with Crippen LogP contribution in [0.4, 0.5) is 14.5 Å². The molecule has 2 aromatic carbocycles. The van der Waals surface area contributed by atoms with Gasteiger partial charge < -0.3 is 15.0 Å². The van der Waals surface area contributed by atoms with E-state index in [1.165, 1.54) is 9.87 Å². The summed E-state index contributed by atoms with van der Waals surface area (Å²) < 4.78 is 61.1. The fraction of sp³-hybridized carbons (Fsp3) is 0.529. The number of sulfonamides is 1. The Morgan fingerprint density at radius 3 is 2.46 bits per heavy atom. The minimum absolute atomic E-state index is 0.0101. The molecule has 46 heavy (non-hydrogen) atoms. The molecule has 0 saturated carbocycles. The summed E-state index contributed by atoms with van der Waals surface area (Å²) in [5.41, 5.74) is 4.47. The Morgan fingerprint density at radius 2 is 1.76 bits per heavy atom. The fourth-order valence-corrected chi connectivity index (χ4v) is 8.36. The normalized spacial score (nSPS) is 19.0. The zero-order chi connectivity index (χ0) is 32.4. The van der Waals surface area contributed by atoms with Crippen LogP contribution in [0.15, 0.2) is 41.3 Å². The van der Waals surface area contributed by atoms with Crippen molar-refractivity contribution in [1.29, 1.82) is 0 Å². The minimum Gasteiger partial charge on any atom is -0.382 e. The number of ketones is 1. The standard InChI is InChI=1S/C34H43F2N5O4S/c1-22(2)40-10-5-23(6-11-40)15-24-3-4-29(32(16-24)37-27-8-13-45-14-9-27)34(42)20-33-30-21-41(12-7-31(30)38-39-33)46(43,44)28-18-25(35)17-26(36)19-28/h3-4,16-19,22-23,27,37H,5-15,20-21H2,1-2H3,(H,38,39). The molecule has 3 aromatic rings. The van der Waals surface area contributed by atoms with Gasteiger partial charge in [0.15, 0.2) is 5.78 Å². The lowest BCUT2D eigenvalue weighted by atomic mass is 9.88. The number of nitrogens with zero attached hydrogens (tertiary/aromatic N) is 3. The first kappa shape index (κ1) is 32.7. The Labute approximate surface area is 269 Å². The molecule has 0 amide bonds. The monoisotopic (exact) mass is 655 g/mol. The van der Waals surface area contributed by atoms with Crippen molar-refractivity contribution < 1.29 is 26.7 Å². The van der Waals surface area contributed by atoms with Gasteiger partial charge in [-0.3, -0.25) is 9.89 Å². The number of aromatic nitrogens is 2. The molecule has 9 nitrogen and oxygen atoms in total. The van der Waals surface area contributed by atoms with E-state index in [0.29, 0.717) is 54.5 Å². The molecule has 0 aliphatic carbocycles. The van der Waals surface area contributed by atoms with Crippen LogP contribution in [-0.2, 0) is 40.6 Å². The molecule has 2 N–H and O–H groups in total. The average Bonchev–Trinajstić information content (AvgIpc) is 3.43. The highest BCUT2D eigenvalue weighted by atomic mass is 32.2. The van der Waals surface area contributed by atoms with E-state index in [1.54, 1.807) is 0 Å². The van der Waals surface area contributed by atoms with E-state index in [4.69, 9.17) is 4.74 Å². The zero-order valence-electron chi connectivity index (χ0n) is 26.5. The van der Waals surface area contributed by atoms with Crippen molar-refractivity contribution >= 4 is 21.5 Å². The molecule has 4 heterocycles. The molecular weight excluding hydrogens is 612 g/mol. The van der Waals surface area contributed by atoms with Crippen molar-refractivity contribution in [1.82, 2.24) is 19.4 Å². The number of nitrogens with one attached hydrogen (secondary N) is 2. The summed E-state index contributed by atoms with van der Waals surface area (Å²) in [6, 6.07) is 9.14. The molecule has 6 rings (SSSR count). The Bertz CT molecular complexity index is 1640.